The number of benzene rings is 1. The van der Waals surface area contributed by atoms with Crippen molar-refractivity contribution in [2.75, 3.05) is 49.4 Å². The van der Waals surface area contributed by atoms with Gasteiger partial charge in [-0.2, -0.15) is 0 Å². The van der Waals surface area contributed by atoms with Crippen LogP contribution in [0.4, 0.5) is 22.1 Å². The normalized spacial score (nSPS) is 15.8. The lowest BCUT2D eigenvalue weighted by atomic mass is 10.2. The zero-order chi connectivity index (χ0) is 20.6. The predicted molar refractivity (Wildman–Crippen MR) is 108 cm³/mol. The Bertz CT molecular complexity index is 845. The summed E-state index contributed by atoms with van der Waals surface area (Å²) in [6, 6.07) is 6.95. The molecule has 1 aliphatic heterocycles. The molecule has 3 rings (SSSR count). The highest BCUT2D eigenvalue weighted by Gasteiger charge is 2.26. The number of nitrogens with one attached hydrogen (secondary N) is 2. The minimum Gasteiger partial charge on any atom is -0.447 e. The van der Waals surface area contributed by atoms with Gasteiger partial charge in [0.25, 0.3) is 5.91 Å². The summed E-state index contributed by atoms with van der Waals surface area (Å²) >= 11 is 0. The first-order valence-electron chi connectivity index (χ1n) is 9.22. The van der Waals surface area contributed by atoms with Crippen LogP contribution in [0.5, 0.6) is 0 Å². The van der Waals surface area contributed by atoms with Crippen molar-refractivity contribution in [3.63, 3.8) is 0 Å². The number of nitrogens with two attached hydrogens (primary N) is 1. The van der Waals surface area contributed by atoms with Crippen LogP contribution in [0.2, 0.25) is 0 Å². The van der Waals surface area contributed by atoms with Crippen LogP contribution >= 0.6 is 0 Å². The van der Waals surface area contributed by atoms with Gasteiger partial charge in [0.2, 0.25) is 5.95 Å². The first-order chi connectivity index (χ1) is 14.1. The van der Waals surface area contributed by atoms with Gasteiger partial charge in [-0.25, -0.2) is 14.8 Å². The number of methoxy groups -OCH3 is 1. The van der Waals surface area contributed by atoms with Gasteiger partial charge in [-0.05, 0) is 18.6 Å². The Hall–Kier alpha value is -3.40. The number of anilines is 3. The molecule has 2 aromatic rings. The third-order valence-electron chi connectivity index (χ3n) is 4.42. The molecular formula is C19H24N6O4. The smallest absolute Gasteiger partial charge is 0.407 e. The number of nitrogen functional groups attached to an aromatic ring is 1. The minimum absolute atomic E-state index is 0.0577. The van der Waals surface area contributed by atoms with Crippen molar-refractivity contribution >= 4 is 29.3 Å². The molecule has 0 bridgehead atoms. The van der Waals surface area contributed by atoms with Crippen molar-refractivity contribution in [2.24, 2.45) is 0 Å². The molecule has 0 radical (unpaired) electrons. The first kappa shape index (κ1) is 20.3. The monoisotopic (exact) mass is 400 g/mol. The van der Waals surface area contributed by atoms with E-state index in [-0.39, 0.29) is 18.6 Å². The van der Waals surface area contributed by atoms with E-state index in [0.29, 0.717) is 42.6 Å². The number of ether oxygens (including phenoxy) is 2. The Balaban J connectivity index is 1.52. The molecule has 1 atom stereocenters. The lowest BCUT2D eigenvalue weighted by molar-refractivity contribution is 0.0968. The van der Waals surface area contributed by atoms with Gasteiger partial charge in [0.15, 0.2) is 0 Å². The number of amides is 2. The highest BCUT2D eigenvalue weighted by molar-refractivity contribution is 6.05. The van der Waals surface area contributed by atoms with Crippen LogP contribution in [0.3, 0.4) is 0 Å². The molecule has 2 amide bonds. The van der Waals surface area contributed by atoms with Gasteiger partial charge in [-0.3, -0.25) is 4.79 Å². The van der Waals surface area contributed by atoms with Crippen LogP contribution in [0.15, 0.2) is 36.7 Å². The van der Waals surface area contributed by atoms with E-state index in [4.69, 9.17) is 15.2 Å². The molecule has 1 aromatic carbocycles. The summed E-state index contributed by atoms with van der Waals surface area (Å²) in [6.45, 7) is 1.81. The molecular weight excluding hydrogens is 376 g/mol. The summed E-state index contributed by atoms with van der Waals surface area (Å²) in [5.74, 6) is 0.159. The van der Waals surface area contributed by atoms with Crippen molar-refractivity contribution in [1.82, 2.24) is 15.3 Å². The molecule has 2 heterocycles. The van der Waals surface area contributed by atoms with E-state index in [1.54, 1.807) is 31.4 Å². The maximum Gasteiger partial charge on any atom is 0.407 e. The van der Waals surface area contributed by atoms with Gasteiger partial charge in [-0.15, -0.1) is 0 Å². The predicted octanol–water partition coefficient (Wildman–Crippen LogP) is 1.26. The average Bonchev–Trinajstić information content (AvgIpc) is 3.18. The second kappa shape index (κ2) is 9.69. The van der Waals surface area contributed by atoms with Crippen molar-refractivity contribution in [3.05, 3.63) is 42.2 Å². The lowest BCUT2D eigenvalue weighted by Gasteiger charge is -2.17. The van der Waals surface area contributed by atoms with Crippen LogP contribution in [0.1, 0.15) is 16.8 Å². The lowest BCUT2D eigenvalue weighted by Crippen LogP contribution is -2.38. The van der Waals surface area contributed by atoms with Crippen LogP contribution in [-0.2, 0) is 9.47 Å². The molecule has 1 aliphatic rings. The molecule has 4 N–H and O–H groups in total. The van der Waals surface area contributed by atoms with Gasteiger partial charge in [-0.1, -0.05) is 12.1 Å². The fourth-order valence-corrected chi connectivity index (χ4v) is 2.89. The maximum absolute atomic E-state index is 12.3. The van der Waals surface area contributed by atoms with Gasteiger partial charge >= 0.3 is 6.09 Å². The second-order valence-corrected chi connectivity index (χ2v) is 6.52. The molecule has 0 spiro atoms. The fourth-order valence-electron chi connectivity index (χ4n) is 2.89. The van der Waals surface area contributed by atoms with Gasteiger partial charge in [0, 0.05) is 32.6 Å². The molecule has 1 aromatic heterocycles. The molecule has 1 unspecified atom stereocenters. The van der Waals surface area contributed by atoms with Gasteiger partial charge in [0.1, 0.15) is 6.61 Å². The van der Waals surface area contributed by atoms with E-state index < -0.39 is 6.09 Å². The fraction of sp³-hybridized carbons (Fsp3) is 0.368. The van der Waals surface area contributed by atoms with Crippen LogP contribution in [0, 0.1) is 0 Å². The Morgan fingerprint density at radius 1 is 1.24 bits per heavy atom. The molecule has 0 aliphatic carbocycles. The molecule has 10 nitrogen and oxygen atoms in total. The maximum atomic E-state index is 12.3. The van der Waals surface area contributed by atoms with E-state index in [9.17, 15) is 9.59 Å². The SMILES string of the molecule is COCCOC(=O)NC1CCN(c2ncc(C(=O)Nc3ccccc3N)cn2)C1. The molecule has 29 heavy (non-hydrogen) atoms. The summed E-state index contributed by atoms with van der Waals surface area (Å²) in [4.78, 5) is 34.6. The Labute approximate surface area is 168 Å². The van der Waals surface area contributed by atoms with Crippen LogP contribution < -0.4 is 21.3 Å². The quantitative estimate of drug-likeness (QED) is 0.468. The highest BCUT2D eigenvalue weighted by Crippen LogP contribution is 2.19. The second-order valence-electron chi connectivity index (χ2n) is 6.52. The van der Waals surface area contributed by atoms with Gasteiger partial charge in [0.05, 0.1) is 29.6 Å². The molecule has 0 saturated carbocycles. The molecule has 1 saturated heterocycles. The van der Waals surface area contributed by atoms with E-state index in [1.165, 1.54) is 12.4 Å². The number of rotatable bonds is 7. The average molecular weight is 400 g/mol. The number of hydrogen-bond donors (Lipinski definition) is 3. The largest absolute Gasteiger partial charge is 0.447 e. The van der Waals surface area contributed by atoms with Crippen LogP contribution in [0.25, 0.3) is 0 Å². The number of para-hydroxylation sites is 2. The number of nitrogens with zero attached hydrogens (tertiary/aromatic N) is 3. The van der Waals surface area contributed by atoms with Crippen molar-refractivity contribution < 1.29 is 19.1 Å². The number of alkyl carbamates (subject to hydrolysis) is 1. The number of carbonyl (C=O) groups is 2. The Morgan fingerprint density at radius 2 is 2.00 bits per heavy atom. The Morgan fingerprint density at radius 3 is 2.72 bits per heavy atom. The van der Waals surface area contributed by atoms with Crippen molar-refractivity contribution in [2.45, 2.75) is 12.5 Å². The summed E-state index contributed by atoms with van der Waals surface area (Å²) < 4.78 is 9.84. The number of carbonyl (C=O) groups excluding carboxylic acids is 2. The molecule has 1 fully saturated rings. The van der Waals surface area contributed by atoms with Crippen LogP contribution in [-0.4, -0.2) is 61.4 Å². The molecule has 10 heteroatoms. The minimum atomic E-state index is -0.470. The zero-order valence-electron chi connectivity index (χ0n) is 16.1. The van der Waals surface area contributed by atoms with E-state index in [2.05, 4.69) is 20.6 Å². The van der Waals surface area contributed by atoms with Crippen molar-refractivity contribution in [1.29, 1.82) is 0 Å². The van der Waals surface area contributed by atoms with E-state index >= 15 is 0 Å². The summed E-state index contributed by atoms with van der Waals surface area (Å²) in [5, 5.41) is 5.55. The summed E-state index contributed by atoms with van der Waals surface area (Å²) in [5.41, 5.74) is 7.18. The number of hydrogen-bond acceptors (Lipinski definition) is 8. The summed E-state index contributed by atoms with van der Waals surface area (Å²) in [7, 11) is 1.54. The standard InChI is InChI=1S/C19H24N6O4/c1-28-8-9-29-19(27)23-14-6-7-25(12-14)18-21-10-13(11-22-18)17(26)24-16-5-3-2-4-15(16)20/h2-5,10-11,14H,6-9,12,20H2,1H3,(H,23,27)(H,24,26). The first-order valence-corrected chi connectivity index (χ1v) is 9.22. The van der Waals surface area contributed by atoms with E-state index in [1.807, 2.05) is 4.90 Å². The summed E-state index contributed by atoms with van der Waals surface area (Å²) in [6.07, 6.45) is 3.22. The van der Waals surface area contributed by atoms with Crippen molar-refractivity contribution in [3.8, 4) is 0 Å². The number of aromatic nitrogens is 2. The third-order valence-corrected chi connectivity index (χ3v) is 4.42. The topological polar surface area (TPSA) is 132 Å². The molecule has 154 valence electrons. The van der Waals surface area contributed by atoms with E-state index in [0.717, 1.165) is 6.42 Å². The van der Waals surface area contributed by atoms with Gasteiger partial charge < -0.3 is 30.7 Å². The Kier molecular flexibility index (Phi) is 6.80. The third kappa shape index (κ3) is 5.55. The zero-order valence-corrected chi connectivity index (χ0v) is 16.1. The highest BCUT2D eigenvalue weighted by atomic mass is 16.6.